The number of esters is 1. The molecule has 4 rings (SSSR count). The number of nitrogens with zero attached hydrogens (tertiary/aromatic N) is 3. The predicted molar refractivity (Wildman–Crippen MR) is 212 cm³/mol. The van der Waals surface area contributed by atoms with E-state index in [1.807, 2.05) is 39.8 Å². The summed E-state index contributed by atoms with van der Waals surface area (Å²) >= 11 is 0. The van der Waals surface area contributed by atoms with Gasteiger partial charge in [0.15, 0.2) is 24.0 Å². The van der Waals surface area contributed by atoms with E-state index < -0.39 is 95.8 Å². The molecular formula is C42H69Ac2N3O13. The van der Waals surface area contributed by atoms with Crippen molar-refractivity contribution in [1.82, 2.24) is 14.5 Å². The minimum absolute atomic E-state index is 0. The monoisotopic (exact) mass is 1280 g/mol. The number of aromatic nitrogens is 2. The fourth-order valence-corrected chi connectivity index (χ4v) is 8.95. The number of hydrogen-bond acceptors (Lipinski definition) is 15. The van der Waals surface area contributed by atoms with Crippen LogP contribution in [0.2, 0.25) is 0 Å². The van der Waals surface area contributed by atoms with Gasteiger partial charge in [-0.15, -0.1) is 0 Å². The second-order valence-electron chi connectivity index (χ2n) is 17.5. The molecule has 16 atom stereocenters. The van der Waals surface area contributed by atoms with Crippen LogP contribution in [0.25, 0.3) is 0 Å². The number of hydrogen-bond donors (Lipinski definition) is 2. The average Bonchev–Trinajstić information content (AvgIpc) is 3.72. The average molecular weight is 1280 g/mol. The first-order valence-electron chi connectivity index (χ1n) is 20.4. The molecule has 0 aromatic carbocycles. The van der Waals surface area contributed by atoms with Gasteiger partial charge >= 0.3 is 12.1 Å². The molecule has 2 saturated heterocycles. The number of ketones is 1. The van der Waals surface area contributed by atoms with Crippen LogP contribution in [0.5, 0.6) is 0 Å². The third kappa shape index (κ3) is 12.9. The molecule has 0 aliphatic carbocycles. The fourth-order valence-electron chi connectivity index (χ4n) is 8.95. The van der Waals surface area contributed by atoms with Crippen molar-refractivity contribution < 1.29 is 151 Å². The summed E-state index contributed by atoms with van der Waals surface area (Å²) in [5.74, 6) is -3.33. The Kier molecular flexibility index (Phi) is 22.0. The molecule has 1 aromatic rings. The molecule has 2 fully saturated rings. The maximum atomic E-state index is 14.6. The Morgan fingerprint density at radius 1 is 0.983 bits per heavy atom. The van der Waals surface area contributed by atoms with E-state index >= 15 is 0 Å². The Hall–Kier alpha value is 0.0831. The molecule has 16 nitrogen and oxygen atoms in total. The first-order chi connectivity index (χ1) is 27.0. The molecule has 1 aromatic heterocycles. The topological polar surface area (TPSA) is 187 Å². The summed E-state index contributed by atoms with van der Waals surface area (Å²) in [6, 6.07) is -0.288. The molecule has 336 valence electrons. The Morgan fingerprint density at radius 3 is 2.17 bits per heavy atom. The van der Waals surface area contributed by atoms with Gasteiger partial charge in [-0.2, -0.15) is 0 Å². The van der Waals surface area contributed by atoms with Gasteiger partial charge in [0, 0.05) is 139 Å². The Morgan fingerprint density at radius 2 is 1.62 bits per heavy atom. The van der Waals surface area contributed by atoms with E-state index in [0.29, 0.717) is 12.0 Å². The molecule has 18 heteroatoms. The van der Waals surface area contributed by atoms with Crippen LogP contribution in [0.3, 0.4) is 0 Å². The van der Waals surface area contributed by atoms with Crippen molar-refractivity contribution in [1.29, 1.82) is 0 Å². The molecule has 3 aliphatic rings. The number of rotatable bonds is 9. The number of cyclic esters (lactones) is 1. The molecule has 0 spiro atoms. The molecule has 2 N–H and O–H groups in total. The largest absolute Gasteiger partial charge is 0.457 e. The van der Waals surface area contributed by atoms with Gasteiger partial charge in [-0.05, 0) is 93.5 Å². The molecule has 0 amide bonds. The van der Waals surface area contributed by atoms with Gasteiger partial charge in [0.25, 0.3) is 0 Å². The predicted octanol–water partition coefficient (Wildman–Crippen LogP) is 4.28. The standard InChI is InChI=1S/C42H69N3O13.2Ac/c1-15-30-40(8,58-39(50)45-17-16-43-22-45)19-23(2)32(46)24(3)20-42(10,52-14)36(57-38-33(47)29(44(11)12)18-25(4)53-38)26(5)34(27(6)37(49)55-30)56-31-21-41(9,51-13)35(48)28(7)54-31;;/h16-17,19,22,24-31,33-36,38,47-48H,15,18,20-21H2,1-14H3;;/b23-19+;;. The van der Waals surface area contributed by atoms with E-state index in [2.05, 4.69) is 4.98 Å². The van der Waals surface area contributed by atoms with Crippen molar-refractivity contribution in [3.05, 3.63) is 30.4 Å². The molecule has 60 heavy (non-hydrogen) atoms. The number of allylic oxidation sites excluding steroid dienone is 1. The van der Waals surface area contributed by atoms with E-state index in [0.717, 1.165) is 4.57 Å². The molecule has 0 saturated carbocycles. The maximum Gasteiger partial charge on any atom is 0.420 e. The normalized spacial score (nSPS) is 41.8. The SMILES string of the molecule is CCC1OC(=O)C(C)C(OC2CC(C)(OC)C(O)C(C)O2)C(C)C(OC2OC(C)CC(N(C)C)C2O)C(C)(OC)CC(C)C(=O)/C(C)=C/C1(C)OC(=O)n1ccnc1.[Ac].[Ac]. The summed E-state index contributed by atoms with van der Waals surface area (Å²) in [4.78, 5) is 48.2. The molecule has 0 bridgehead atoms. The zero-order chi connectivity index (χ0) is 43.5. The Balaban J connectivity index is 0.00000620. The Labute approximate surface area is 427 Å². The quantitative estimate of drug-likeness (QED) is 0.334. The van der Waals surface area contributed by atoms with E-state index in [4.69, 9.17) is 37.9 Å². The summed E-state index contributed by atoms with van der Waals surface area (Å²) < 4.78 is 51.8. The van der Waals surface area contributed by atoms with Gasteiger partial charge in [0.05, 0.1) is 41.5 Å². The van der Waals surface area contributed by atoms with Gasteiger partial charge in [-0.3, -0.25) is 9.59 Å². The number of carbonyl (C=O) groups excluding carboxylic acids is 3. The van der Waals surface area contributed by atoms with Crippen molar-refractivity contribution in [2.75, 3.05) is 28.3 Å². The number of aliphatic hydroxyl groups excluding tert-OH is 2. The van der Waals surface area contributed by atoms with Crippen LogP contribution < -0.4 is 0 Å². The molecule has 4 heterocycles. The van der Waals surface area contributed by atoms with Crippen LogP contribution in [0.15, 0.2) is 30.4 Å². The Bertz CT molecular complexity index is 1590. The van der Waals surface area contributed by atoms with Crippen molar-refractivity contribution in [3.63, 3.8) is 0 Å². The number of ether oxygens (including phenoxy) is 8. The van der Waals surface area contributed by atoms with Gasteiger partial charge < -0.3 is 53.0 Å². The third-order valence-corrected chi connectivity index (χ3v) is 12.6. The van der Waals surface area contributed by atoms with Crippen molar-refractivity contribution in [2.45, 2.75) is 173 Å². The third-order valence-electron chi connectivity index (χ3n) is 12.6. The zero-order valence-electron chi connectivity index (χ0n) is 38.0. The summed E-state index contributed by atoms with van der Waals surface area (Å²) in [5, 5.41) is 22.7. The van der Waals surface area contributed by atoms with Gasteiger partial charge in [0.1, 0.15) is 24.6 Å². The summed E-state index contributed by atoms with van der Waals surface area (Å²) in [6.45, 7) is 17.6. The number of likely N-dealkylation sites (N-methyl/N-ethyl adjacent to an activating group) is 1. The van der Waals surface area contributed by atoms with Gasteiger partial charge in [0.2, 0.25) is 0 Å². The molecule has 2 radical (unpaired) electrons. The van der Waals surface area contributed by atoms with Crippen LogP contribution in [-0.4, -0.2) is 149 Å². The second kappa shape index (κ2) is 23.5. The molecular weight excluding hydrogens is 1210 g/mol. The van der Waals surface area contributed by atoms with Crippen LogP contribution >= 0.6 is 0 Å². The number of Topliss-reactive ketones (excluding diaryl/α,β-unsaturated/α-hetero) is 1. The molecule has 16 unspecified atom stereocenters. The van der Waals surface area contributed by atoms with Gasteiger partial charge in [-0.1, -0.05) is 20.8 Å². The van der Waals surface area contributed by atoms with E-state index in [1.165, 1.54) is 39.0 Å². The van der Waals surface area contributed by atoms with Crippen molar-refractivity contribution in [3.8, 4) is 0 Å². The summed E-state index contributed by atoms with van der Waals surface area (Å²) in [7, 11) is 6.80. The first-order valence-corrected chi connectivity index (χ1v) is 20.4. The van der Waals surface area contributed by atoms with Crippen LogP contribution in [-0.2, 0) is 47.5 Å². The van der Waals surface area contributed by atoms with E-state index in [9.17, 15) is 24.6 Å². The van der Waals surface area contributed by atoms with Crippen molar-refractivity contribution >= 4 is 17.8 Å². The maximum absolute atomic E-state index is 14.6. The first kappa shape index (κ1) is 56.2. The summed E-state index contributed by atoms with van der Waals surface area (Å²) in [5.41, 5.74) is -3.60. The number of carbonyl (C=O) groups is 3. The van der Waals surface area contributed by atoms with Crippen LogP contribution in [0.4, 0.5) is 4.79 Å². The number of imidazole rings is 1. The fraction of sp³-hybridized carbons (Fsp3) is 0.810. The van der Waals surface area contributed by atoms with Gasteiger partial charge in [-0.25, -0.2) is 14.3 Å². The van der Waals surface area contributed by atoms with E-state index in [1.54, 1.807) is 48.5 Å². The van der Waals surface area contributed by atoms with E-state index in [-0.39, 0.29) is 125 Å². The number of aliphatic hydroxyl groups is 2. The van der Waals surface area contributed by atoms with Crippen molar-refractivity contribution in [2.24, 2.45) is 17.8 Å². The van der Waals surface area contributed by atoms with Crippen LogP contribution in [0.1, 0.15) is 94.9 Å². The summed E-state index contributed by atoms with van der Waals surface area (Å²) in [6.07, 6.45) is -2.12. The number of methoxy groups -OCH3 is 2. The minimum atomic E-state index is -1.60. The molecule has 3 aliphatic heterocycles. The smallest absolute Gasteiger partial charge is 0.420 e. The second-order valence-corrected chi connectivity index (χ2v) is 17.5. The zero-order valence-corrected chi connectivity index (χ0v) is 47.5. The van der Waals surface area contributed by atoms with Crippen LogP contribution in [0, 0.1) is 106 Å². The minimum Gasteiger partial charge on any atom is -0.457 e.